The van der Waals surface area contributed by atoms with Crippen LogP contribution >= 0.6 is 0 Å². The summed E-state index contributed by atoms with van der Waals surface area (Å²) in [5, 5.41) is 0. The summed E-state index contributed by atoms with van der Waals surface area (Å²) in [6.45, 7) is 4.56. The third-order valence-electron chi connectivity index (χ3n) is 2.64. The van der Waals surface area contributed by atoms with Crippen LogP contribution in [-0.2, 0) is 0 Å². The normalized spacial score (nSPS) is 32.6. The average Bonchev–Trinajstić information content (AvgIpc) is 2.33. The van der Waals surface area contributed by atoms with Gasteiger partial charge in [-0.05, 0) is 24.7 Å². The molecular formula is C10H16. The van der Waals surface area contributed by atoms with E-state index in [4.69, 9.17) is 6.42 Å². The molecule has 10 heavy (non-hydrogen) atoms. The van der Waals surface area contributed by atoms with Crippen LogP contribution in [0.15, 0.2) is 0 Å². The molecule has 0 radical (unpaired) electrons. The third-order valence-corrected chi connectivity index (χ3v) is 2.64. The van der Waals surface area contributed by atoms with E-state index < -0.39 is 0 Å². The predicted molar refractivity (Wildman–Crippen MR) is 44.5 cm³/mol. The molecule has 0 aromatic rings. The maximum Gasteiger partial charge on any atom is 0.0230 e. The summed E-state index contributed by atoms with van der Waals surface area (Å²) in [5.41, 5.74) is 0. The van der Waals surface area contributed by atoms with Crippen molar-refractivity contribution >= 4 is 0 Å². The molecule has 1 fully saturated rings. The first-order valence-corrected chi connectivity index (χ1v) is 4.22. The highest BCUT2D eigenvalue weighted by molar-refractivity contribution is 4.99. The van der Waals surface area contributed by atoms with Crippen molar-refractivity contribution in [1.29, 1.82) is 0 Å². The monoisotopic (exact) mass is 136 g/mol. The summed E-state index contributed by atoms with van der Waals surface area (Å²) in [7, 11) is 0. The molecule has 0 amide bonds. The second-order valence-corrected chi connectivity index (χ2v) is 3.61. The molecule has 0 spiro atoms. The quantitative estimate of drug-likeness (QED) is 0.486. The molecular weight excluding hydrogens is 120 g/mol. The predicted octanol–water partition coefficient (Wildman–Crippen LogP) is 2.69. The van der Waals surface area contributed by atoms with E-state index in [9.17, 15) is 0 Å². The van der Waals surface area contributed by atoms with Crippen molar-refractivity contribution < 1.29 is 0 Å². The van der Waals surface area contributed by atoms with Gasteiger partial charge >= 0.3 is 0 Å². The van der Waals surface area contributed by atoms with E-state index in [2.05, 4.69) is 19.8 Å². The lowest BCUT2D eigenvalue weighted by Crippen LogP contribution is -2.12. The molecule has 0 nitrogen and oxygen atoms in total. The van der Waals surface area contributed by atoms with Crippen molar-refractivity contribution in [2.75, 3.05) is 0 Å². The van der Waals surface area contributed by atoms with E-state index in [1.807, 2.05) is 0 Å². The van der Waals surface area contributed by atoms with Gasteiger partial charge in [-0.1, -0.05) is 20.3 Å². The molecule has 1 aliphatic rings. The van der Waals surface area contributed by atoms with E-state index in [0.717, 1.165) is 11.8 Å². The van der Waals surface area contributed by atoms with Gasteiger partial charge in [-0.15, -0.1) is 12.3 Å². The van der Waals surface area contributed by atoms with Crippen LogP contribution in [0.5, 0.6) is 0 Å². The second-order valence-electron chi connectivity index (χ2n) is 3.61. The number of hydrogen-bond acceptors (Lipinski definition) is 0. The van der Waals surface area contributed by atoms with Crippen LogP contribution in [0.4, 0.5) is 0 Å². The van der Waals surface area contributed by atoms with Gasteiger partial charge in [0.15, 0.2) is 0 Å². The summed E-state index contributed by atoms with van der Waals surface area (Å²) in [5.74, 6) is 5.07. The Kier molecular flexibility index (Phi) is 2.38. The van der Waals surface area contributed by atoms with E-state index in [-0.39, 0.29) is 0 Å². The Morgan fingerprint density at radius 3 is 2.50 bits per heavy atom. The van der Waals surface area contributed by atoms with Gasteiger partial charge in [-0.2, -0.15) is 0 Å². The zero-order chi connectivity index (χ0) is 7.56. The minimum Gasteiger partial charge on any atom is -0.120 e. The summed E-state index contributed by atoms with van der Waals surface area (Å²) in [6.07, 6.45) is 9.37. The molecule has 1 aliphatic carbocycles. The standard InChI is InChI=1S/C10H16/c1-4-9-6-5-7-10(9)8(2)3/h1,8-10H,5-7H2,2-3H3/t9-,10+/m0/s1. The first-order valence-electron chi connectivity index (χ1n) is 4.22. The van der Waals surface area contributed by atoms with Crippen molar-refractivity contribution in [3.63, 3.8) is 0 Å². The zero-order valence-corrected chi connectivity index (χ0v) is 6.93. The van der Waals surface area contributed by atoms with Crippen LogP contribution < -0.4 is 0 Å². The maximum absolute atomic E-state index is 5.41. The van der Waals surface area contributed by atoms with Crippen molar-refractivity contribution in [1.82, 2.24) is 0 Å². The van der Waals surface area contributed by atoms with Crippen LogP contribution in [0, 0.1) is 30.1 Å². The fourth-order valence-electron chi connectivity index (χ4n) is 1.99. The van der Waals surface area contributed by atoms with Gasteiger partial charge < -0.3 is 0 Å². The highest BCUT2D eigenvalue weighted by atomic mass is 14.3. The Labute approximate surface area is 64.0 Å². The average molecular weight is 136 g/mol. The molecule has 2 atom stereocenters. The Bertz CT molecular complexity index is 139. The largest absolute Gasteiger partial charge is 0.120 e. The molecule has 1 rings (SSSR count). The molecule has 56 valence electrons. The topological polar surface area (TPSA) is 0 Å². The molecule has 0 aromatic heterocycles. The highest BCUT2D eigenvalue weighted by Crippen LogP contribution is 2.35. The first kappa shape index (κ1) is 7.66. The Balaban J connectivity index is 2.52. The summed E-state index contributed by atoms with van der Waals surface area (Å²) < 4.78 is 0. The summed E-state index contributed by atoms with van der Waals surface area (Å²) in [4.78, 5) is 0. The first-order chi connectivity index (χ1) is 4.75. The fraction of sp³-hybridized carbons (Fsp3) is 0.800. The fourth-order valence-corrected chi connectivity index (χ4v) is 1.99. The van der Waals surface area contributed by atoms with Crippen molar-refractivity contribution in [3.8, 4) is 12.3 Å². The Hall–Kier alpha value is -0.440. The van der Waals surface area contributed by atoms with Crippen molar-refractivity contribution in [2.45, 2.75) is 33.1 Å². The molecule has 0 aromatic carbocycles. The number of rotatable bonds is 1. The lowest BCUT2D eigenvalue weighted by molar-refractivity contribution is 0.347. The molecule has 0 saturated heterocycles. The molecule has 0 N–H and O–H groups in total. The van der Waals surface area contributed by atoms with Crippen LogP contribution in [0.3, 0.4) is 0 Å². The summed E-state index contributed by atoms with van der Waals surface area (Å²) >= 11 is 0. The van der Waals surface area contributed by atoms with Crippen LogP contribution in [0.25, 0.3) is 0 Å². The second kappa shape index (κ2) is 3.10. The Morgan fingerprint density at radius 2 is 2.10 bits per heavy atom. The van der Waals surface area contributed by atoms with Crippen molar-refractivity contribution in [2.24, 2.45) is 17.8 Å². The maximum atomic E-state index is 5.41. The lowest BCUT2D eigenvalue weighted by Gasteiger charge is -2.17. The lowest BCUT2D eigenvalue weighted by atomic mass is 9.87. The minimum absolute atomic E-state index is 0.583. The van der Waals surface area contributed by atoms with Gasteiger partial charge in [0.1, 0.15) is 0 Å². The van der Waals surface area contributed by atoms with E-state index in [0.29, 0.717) is 5.92 Å². The van der Waals surface area contributed by atoms with Gasteiger partial charge in [0.2, 0.25) is 0 Å². The van der Waals surface area contributed by atoms with Crippen LogP contribution in [0.1, 0.15) is 33.1 Å². The minimum atomic E-state index is 0.583. The SMILES string of the molecule is C#C[C@H]1CCC[C@@H]1C(C)C. The third kappa shape index (κ3) is 1.34. The molecule has 0 unspecified atom stereocenters. The van der Waals surface area contributed by atoms with Gasteiger partial charge in [0.25, 0.3) is 0 Å². The van der Waals surface area contributed by atoms with E-state index in [1.54, 1.807) is 0 Å². The molecule has 1 saturated carbocycles. The van der Waals surface area contributed by atoms with Crippen molar-refractivity contribution in [3.05, 3.63) is 0 Å². The molecule has 0 aliphatic heterocycles. The Morgan fingerprint density at radius 1 is 1.40 bits per heavy atom. The molecule has 0 heteroatoms. The number of terminal acetylenes is 1. The smallest absolute Gasteiger partial charge is 0.0230 e. The van der Waals surface area contributed by atoms with Crippen LogP contribution in [-0.4, -0.2) is 0 Å². The molecule has 0 bridgehead atoms. The van der Waals surface area contributed by atoms with Gasteiger partial charge in [-0.25, -0.2) is 0 Å². The highest BCUT2D eigenvalue weighted by Gasteiger charge is 2.27. The number of hydrogen-bond donors (Lipinski definition) is 0. The molecule has 0 heterocycles. The van der Waals surface area contributed by atoms with E-state index in [1.165, 1.54) is 19.3 Å². The van der Waals surface area contributed by atoms with Crippen LogP contribution in [0.2, 0.25) is 0 Å². The summed E-state index contributed by atoms with van der Waals surface area (Å²) in [6, 6.07) is 0. The van der Waals surface area contributed by atoms with E-state index >= 15 is 0 Å². The van der Waals surface area contributed by atoms with Gasteiger partial charge in [0, 0.05) is 5.92 Å². The van der Waals surface area contributed by atoms with Gasteiger partial charge in [0.05, 0.1) is 0 Å². The zero-order valence-electron chi connectivity index (χ0n) is 6.93. The van der Waals surface area contributed by atoms with Gasteiger partial charge in [-0.3, -0.25) is 0 Å².